The molecule has 0 aliphatic carbocycles. The summed E-state index contributed by atoms with van der Waals surface area (Å²) in [6.07, 6.45) is 0. The van der Waals surface area contributed by atoms with Crippen molar-refractivity contribution in [2.75, 3.05) is 14.2 Å². The Kier molecular flexibility index (Phi) is 3.85. The lowest BCUT2D eigenvalue weighted by Gasteiger charge is -2.06. The van der Waals surface area contributed by atoms with Gasteiger partial charge in [0, 0.05) is 5.39 Å². The zero-order chi connectivity index (χ0) is 16.4. The summed E-state index contributed by atoms with van der Waals surface area (Å²) in [7, 11) is 2.83. The van der Waals surface area contributed by atoms with Crippen LogP contribution in [0.2, 0.25) is 0 Å². The fourth-order valence-electron chi connectivity index (χ4n) is 2.34. The van der Waals surface area contributed by atoms with Crippen LogP contribution in [0, 0.1) is 0 Å². The van der Waals surface area contributed by atoms with Crippen LogP contribution in [0.5, 0.6) is 5.75 Å². The van der Waals surface area contributed by atoms with Gasteiger partial charge in [-0.25, -0.2) is 9.59 Å². The molecular weight excluding hydrogens is 296 g/mol. The molecule has 0 aliphatic rings. The van der Waals surface area contributed by atoms with Gasteiger partial charge < -0.3 is 13.9 Å². The van der Waals surface area contributed by atoms with Gasteiger partial charge in [-0.05, 0) is 41.5 Å². The van der Waals surface area contributed by atoms with Crippen LogP contribution in [0.25, 0.3) is 22.1 Å². The molecule has 23 heavy (non-hydrogen) atoms. The van der Waals surface area contributed by atoms with Crippen LogP contribution in [0.15, 0.2) is 57.7 Å². The van der Waals surface area contributed by atoms with Crippen molar-refractivity contribution in [3.63, 3.8) is 0 Å². The Morgan fingerprint density at radius 2 is 1.65 bits per heavy atom. The first-order valence-electron chi connectivity index (χ1n) is 6.93. The van der Waals surface area contributed by atoms with Crippen molar-refractivity contribution >= 4 is 16.9 Å². The summed E-state index contributed by atoms with van der Waals surface area (Å²) in [6.45, 7) is 0. The molecule has 0 bridgehead atoms. The maximum Gasteiger partial charge on any atom is 0.351 e. The second-order valence-electron chi connectivity index (χ2n) is 4.92. The molecule has 0 N–H and O–H groups in total. The third-order valence-corrected chi connectivity index (χ3v) is 3.56. The standard InChI is InChI=1S/C18H14O5/c1-21-14-6-3-11(4-7-14)12-5-8-16-13(9-12)10-15(17(19)22-2)18(20)23-16/h3-10H,1-2H3. The summed E-state index contributed by atoms with van der Waals surface area (Å²) in [5.74, 6) is 0.0593. The van der Waals surface area contributed by atoms with Crippen molar-refractivity contribution < 1.29 is 18.7 Å². The molecule has 1 aromatic heterocycles. The van der Waals surface area contributed by atoms with E-state index < -0.39 is 11.6 Å². The number of carbonyl (C=O) groups is 1. The second-order valence-corrected chi connectivity index (χ2v) is 4.92. The highest BCUT2D eigenvalue weighted by atomic mass is 16.5. The quantitative estimate of drug-likeness (QED) is 0.549. The number of rotatable bonds is 3. The minimum Gasteiger partial charge on any atom is -0.497 e. The molecule has 0 radical (unpaired) electrons. The molecule has 3 rings (SSSR count). The molecule has 0 amide bonds. The van der Waals surface area contributed by atoms with Gasteiger partial charge in [-0.1, -0.05) is 18.2 Å². The zero-order valence-corrected chi connectivity index (χ0v) is 12.7. The topological polar surface area (TPSA) is 65.7 Å². The Labute approximate surface area is 132 Å². The summed E-state index contributed by atoms with van der Waals surface area (Å²) in [5.41, 5.74) is 1.51. The minimum atomic E-state index is -0.712. The van der Waals surface area contributed by atoms with E-state index in [-0.39, 0.29) is 5.56 Å². The smallest absolute Gasteiger partial charge is 0.351 e. The average molecular weight is 310 g/mol. The normalized spacial score (nSPS) is 10.5. The fraction of sp³-hybridized carbons (Fsp3) is 0.111. The first-order chi connectivity index (χ1) is 11.1. The Morgan fingerprint density at radius 3 is 2.30 bits per heavy atom. The van der Waals surface area contributed by atoms with Crippen LogP contribution in [0.3, 0.4) is 0 Å². The number of ether oxygens (including phenoxy) is 2. The van der Waals surface area contributed by atoms with E-state index in [1.165, 1.54) is 13.2 Å². The molecule has 3 aromatic rings. The molecule has 116 valence electrons. The van der Waals surface area contributed by atoms with Crippen molar-refractivity contribution in [2.45, 2.75) is 0 Å². The molecule has 1 heterocycles. The molecule has 0 unspecified atom stereocenters. The van der Waals surface area contributed by atoms with Crippen molar-refractivity contribution in [3.8, 4) is 16.9 Å². The van der Waals surface area contributed by atoms with Gasteiger partial charge >= 0.3 is 11.6 Å². The molecule has 0 saturated carbocycles. The Morgan fingerprint density at radius 1 is 0.957 bits per heavy atom. The van der Waals surface area contributed by atoms with Gasteiger partial charge in [0.1, 0.15) is 16.9 Å². The number of hydrogen-bond acceptors (Lipinski definition) is 5. The van der Waals surface area contributed by atoms with E-state index in [0.29, 0.717) is 11.0 Å². The third kappa shape index (κ3) is 2.81. The minimum absolute atomic E-state index is 0.119. The number of carbonyl (C=O) groups excluding carboxylic acids is 1. The van der Waals surface area contributed by atoms with E-state index in [2.05, 4.69) is 4.74 Å². The summed E-state index contributed by atoms with van der Waals surface area (Å²) in [5, 5.41) is 0.651. The second kappa shape index (κ2) is 5.96. The zero-order valence-electron chi connectivity index (χ0n) is 12.7. The SMILES string of the molecule is COC(=O)c1cc2cc(-c3ccc(OC)cc3)ccc2oc1=O. The Balaban J connectivity index is 2.11. The predicted molar refractivity (Wildman–Crippen MR) is 85.8 cm³/mol. The van der Waals surface area contributed by atoms with E-state index in [4.69, 9.17) is 9.15 Å². The molecule has 5 heteroatoms. The van der Waals surface area contributed by atoms with E-state index in [0.717, 1.165) is 16.9 Å². The Hall–Kier alpha value is -3.08. The summed E-state index contributed by atoms with van der Waals surface area (Å²) in [4.78, 5) is 23.4. The van der Waals surface area contributed by atoms with Crippen molar-refractivity contribution in [1.29, 1.82) is 0 Å². The largest absolute Gasteiger partial charge is 0.497 e. The molecule has 0 atom stereocenters. The van der Waals surface area contributed by atoms with Gasteiger partial charge in [0.05, 0.1) is 14.2 Å². The lowest BCUT2D eigenvalue weighted by Crippen LogP contribution is -2.14. The molecule has 2 aromatic carbocycles. The average Bonchev–Trinajstić information content (AvgIpc) is 2.60. The van der Waals surface area contributed by atoms with E-state index in [1.807, 2.05) is 36.4 Å². The number of esters is 1. The number of hydrogen-bond donors (Lipinski definition) is 0. The fourth-order valence-corrected chi connectivity index (χ4v) is 2.34. The van der Waals surface area contributed by atoms with Gasteiger partial charge in [-0.15, -0.1) is 0 Å². The van der Waals surface area contributed by atoms with Crippen LogP contribution in [0.1, 0.15) is 10.4 Å². The van der Waals surface area contributed by atoms with E-state index in [9.17, 15) is 9.59 Å². The van der Waals surface area contributed by atoms with Crippen LogP contribution in [0.4, 0.5) is 0 Å². The first kappa shape index (κ1) is 14.8. The third-order valence-electron chi connectivity index (χ3n) is 3.56. The first-order valence-corrected chi connectivity index (χ1v) is 6.93. The Bertz CT molecular complexity index is 922. The maximum atomic E-state index is 11.8. The van der Waals surface area contributed by atoms with E-state index >= 15 is 0 Å². The van der Waals surface area contributed by atoms with Gasteiger partial charge in [0.25, 0.3) is 0 Å². The molecule has 0 saturated heterocycles. The maximum absolute atomic E-state index is 11.8. The highest BCUT2D eigenvalue weighted by molar-refractivity contribution is 5.93. The van der Waals surface area contributed by atoms with Gasteiger partial charge in [0.15, 0.2) is 0 Å². The van der Waals surface area contributed by atoms with Gasteiger partial charge in [-0.2, -0.15) is 0 Å². The molecular formula is C18H14O5. The highest BCUT2D eigenvalue weighted by Crippen LogP contribution is 2.26. The van der Waals surface area contributed by atoms with Crippen molar-refractivity contribution in [1.82, 2.24) is 0 Å². The summed E-state index contributed by atoms with van der Waals surface area (Å²) in [6, 6.07) is 14.5. The highest BCUT2D eigenvalue weighted by Gasteiger charge is 2.14. The van der Waals surface area contributed by atoms with E-state index in [1.54, 1.807) is 13.2 Å². The van der Waals surface area contributed by atoms with Crippen LogP contribution in [-0.2, 0) is 4.74 Å². The van der Waals surface area contributed by atoms with Crippen LogP contribution in [-0.4, -0.2) is 20.2 Å². The van der Waals surface area contributed by atoms with Crippen molar-refractivity contribution in [2.24, 2.45) is 0 Å². The molecule has 5 nitrogen and oxygen atoms in total. The number of fused-ring (bicyclic) bond motifs is 1. The predicted octanol–water partition coefficient (Wildman–Crippen LogP) is 3.26. The van der Waals surface area contributed by atoms with Crippen molar-refractivity contribution in [3.05, 3.63) is 64.5 Å². The lowest BCUT2D eigenvalue weighted by molar-refractivity contribution is 0.0596. The number of benzene rings is 2. The summed E-state index contributed by atoms with van der Waals surface area (Å²) < 4.78 is 14.9. The van der Waals surface area contributed by atoms with Crippen LogP contribution >= 0.6 is 0 Å². The summed E-state index contributed by atoms with van der Waals surface area (Å²) >= 11 is 0. The monoisotopic (exact) mass is 310 g/mol. The van der Waals surface area contributed by atoms with Gasteiger partial charge in [0.2, 0.25) is 0 Å². The number of methoxy groups -OCH3 is 2. The lowest BCUT2D eigenvalue weighted by atomic mass is 10.0. The molecule has 0 fully saturated rings. The van der Waals surface area contributed by atoms with Crippen LogP contribution < -0.4 is 10.4 Å². The molecule has 0 aliphatic heterocycles. The molecule has 0 spiro atoms. The van der Waals surface area contributed by atoms with Gasteiger partial charge in [-0.3, -0.25) is 0 Å².